The average Bonchev–Trinajstić information content (AvgIpc) is 1.64. The van der Waals surface area contributed by atoms with Gasteiger partial charge in [0.15, 0.2) is 0 Å². The predicted octanol–water partition coefficient (Wildman–Crippen LogP) is 19.9. The molecule has 754 valence electrons. The number of aromatic hydroxyl groups is 2. The zero-order chi connectivity index (χ0) is 104. The number of phenolic OH excluding ortho intramolecular Hbond substituents is 2. The molecule has 0 radical (unpaired) electrons. The number of rotatable bonds is 33. The van der Waals surface area contributed by atoms with Crippen molar-refractivity contribution < 1.29 is 133 Å². The summed E-state index contributed by atoms with van der Waals surface area (Å²) in [5, 5.41) is 26.3. The second-order valence-corrected chi connectivity index (χ2v) is 50.3. The number of methoxy groups -OCH3 is 7. The summed E-state index contributed by atoms with van der Waals surface area (Å²) in [6.45, 7) is 29.1. The predicted molar refractivity (Wildman–Crippen MR) is 560 cm³/mol. The topological polar surface area (TPSA) is 367 Å². The van der Waals surface area contributed by atoms with E-state index in [1.54, 1.807) is 40.9 Å². The SMILES string of the molecule is CC(CP(C)(C)=O)=P(c1ccccc1)(c1ccccc1)c1ccccc1.COC(=O)CC/C(C)=C/Cc1c(O)c2c(c(C)c1OC)COC2=O.COC(=O)CC/C(C)=C/Cc1c(OC)c(C)c2c(c1OP)C(=O)OC2.COc1c(C)c2c(c(O)c1C/C=C(\C)CP(C)(C)=O)C(=O)OC2.COc1c(C)c2c(c(OP)c1C/C=C(\C)CP(C)(C)=O)C(=O)OC2.COc1c(C)c2c(c(OP)c1CC=O)C(=O)OC2. The lowest BCUT2D eigenvalue weighted by Crippen LogP contribution is -2.30. The van der Waals surface area contributed by atoms with Crippen LogP contribution in [-0.4, -0.2) is 172 Å². The van der Waals surface area contributed by atoms with Gasteiger partial charge in [0.1, 0.15) is 125 Å². The fourth-order valence-electron chi connectivity index (χ4n) is 17.7. The Balaban J connectivity index is 0.000000206. The maximum Gasteiger partial charge on any atom is 0.342 e. The minimum absolute atomic E-state index is 0.0785. The summed E-state index contributed by atoms with van der Waals surface area (Å²) in [7, 11) is 10.5. The molecule has 2 N–H and O–H groups in total. The molecule has 0 amide bonds. The smallest absolute Gasteiger partial charge is 0.342 e. The Kier molecular flexibility index (Phi) is 42.1. The molecule has 0 saturated heterocycles. The van der Waals surface area contributed by atoms with Crippen molar-refractivity contribution in [3.05, 3.63) is 249 Å². The zero-order valence-electron chi connectivity index (χ0n) is 84.1. The fourth-order valence-corrected chi connectivity index (χ4v) is 28.2. The summed E-state index contributed by atoms with van der Waals surface area (Å²) in [4.78, 5) is 92.8. The van der Waals surface area contributed by atoms with Crippen LogP contribution in [0.3, 0.4) is 0 Å². The minimum atomic E-state index is -2.19. The Morgan fingerprint density at radius 1 is 0.343 bits per heavy atom. The van der Waals surface area contributed by atoms with Crippen LogP contribution in [0.5, 0.6) is 57.5 Å². The maximum atomic E-state index is 12.8. The number of cyclic esters (lactones) is 5. The summed E-state index contributed by atoms with van der Waals surface area (Å²) < 4.78 is 115. The number of fused-ring (bicyclic) bond motifs is 5. The van der Waals surface area contributed by atoms with Crippen molar-refractivity contribution in [1.82, 2.24) is 0 Å². The second kappa shape index (κ2) is 51.6. The summed E-state index contributed by atoms with van der Waals surface area (Å²) >= 11 is 0. The third kappa shape index (κ3) is 27.6. The van der Waals surface area contributed by atoms with E-state index in [9.17, 15) is 62.3 Å². The van der Waals surface area contributed by atoms with E-state index in [1.807, 2.05) is 99.9 Å². The van der Waals surface area contributed by atoms with Crippen LogP contribution in [0.15, 0.2) is 138 Å². The molecule has 5 aliphatic heterocycles. The zero-order valence-corrected chi connectivity index (χ0v) is 91.1. The van der Waals surface area contributed by atoms with Gasteiger partial charge in [-0.25, -0.2) is 24.0 Å². The number of esters is 7. The summed E-state index contributed by atoms with van der Waals surface area (Å²) in [6.07, 6.45) is 14.1. The van der Waals surface area contributed by atoms with Gasteiger partial charge in [0.05, 0.1) is 99.6 Å². The van der Waals surface area contributed by atoms with Gasteiger partial charge >= 0.3 is 41.8 Å². The first-order valence-electron chi connectivity index (χ1n) is 44.9. The van der Waals surface area contributed by atoms with Gasteiger partial charge in [-0.1, -0.05) is 143 Å². The van der Waals surface area contributed by atoms with Gasteiger partial charge in [-0.15, -0.1) is 0 Å². The molecule has 5 aliphatic rings. The molecule has 0 aliphatic carbocycles. The molecule has 5 heterocycles. The molecular formula is C105H131O28P7. The largest absolute Gasteiger partial charge is 0.507 e. The van der Waals surface area contributed by atoms with Gasteiger partial charge in [-0.05, 0) is 198 Å². The van der Waals surface area contributed by atoms with E-state index in [-0.39, 0.29) is 86.0 Å². The Hall–Kier alpha value is -11.0. The Morgan fingerprint density at radius 3 is 0.821 bits per heavy atom. The Labute approximate surface area is 828 Å². The Morgan fingerprint density at radius 2 is 0.579 bits per heavy atom. The van der Waals surface area contributed by atoms with Crippen LogP contribution in [0.25, 0.3) is 0 Å². The van der Waals surface area contributed by atoms with Gasteiger partial charge in [0.2, 0.25) is 0 Å². The molecule has 3 atom stereocenters. The summed E-state index contributed by atoms with van der Waals surface area (Å²) in [5.41, 5.74) is 17.0. The highest BCUT2D eigenvalue weighted by Crippen LogP contribution is 2.53. The van der Waals surface area contributed by atoms with Crippen molar-refractivity contribution in [2.45, 2.75) is 160 Å². The molecule has 0 bridgehead atoms. The fraction of sp³-hybridized carbons (Fsp3) is 0.381. The lowest BCUT2D eigenvalue weighted by atomic mass is 9.94. The van der Waals surface area contributed by atoms with Gasteiger partial charge in [-0.2, -0.15) is 0 Å². The molecule has 13 rings (SSSR count). The van der Waals surface area contributed by atoms with Crippen molar-refractivity contribution >= 4 is 126 Å². The Bertz CT molecular complexity index is 6230. The molecule has 3 unspecified atom stereocenters. The van der Waals surface area contributed by atoms with E-state index in [4.69, 9.17) is 60.9 Å². The molecule has 8 aromatic rings. The highest BCUT2D eigenvalue weighted by atomic mass is 31.2. The summed E-state index contributed by atoms with van der Waals surface area (Å²) in [6, 6.07) is 32.2. The number of hydrogen-bond donors (Lipinski definition) is 2. The van der Waals surface area contributed by atoms with Crippen LogP contribution in [0.4, 0.5) is 0 Å². The van der Waals surface area contributed by atoms with Crippen LogP contribution in [0.1, 0.15) is 196 Å². The van der Waals surface area contributed by atoms with Crippen molar-refractivity contribution in [1.29, 1.82) is 0 Å². The van der Waals surface area contributed by atoms with Crippen LogP contribution in [0.2, 0.25) is 0 Å². The normalized spacial score (nSPS) is 13.5. The third-order valence-corrected chi connectivity index (χ3v) is 33.4. The number of ether oxygens (including phenoxy) is 12. The first-order chi connectivity index (χ1) is 66.3. The molecule has 0 fully saturated rings. The monoisotopic (exact) mass is 2060 g/mol. The molecule has 8 aromatic carbocycles. The third-order valence-electron chi connectivity index (χ3n) is 24.2. The van der Waals surface area contributed by atoms with E-state index >= 15 is 0 Å². The molecule has 0 spiro atoms. The summed E-state index contributed by atoms with van der Waals surface area (Å²) in [5.74, 6) is 1.47. The molecule has 140 heavy (non-hydrogen) atoms. The van der Waals surface area contributed by atoms with Crippen molar-refractivity contribution in [2.75, 3.05) is 108 Å². The number of carbonyl (C=O) groups excluding carboxylic acids is 8. The van der Waals surface area contributed by atoms with Crippen LogP contribution < -0.4 is 53.2 Å². The number of phenols is 2. The number of allylic oxidation sites excluding steroid dienone is 8. The van der Waals surface area contributed by atoms with E-state index in [0.29, 0.717) is 160 Å². The van der Waals surface area contributed by atoms with Crippen molar-refractivity contribution in [2.24, 2.45) is 0 Å². The number of hydrogen-bond acceptors (Lipinski definition) is 28. The standard InChI is InChI=1S/C23H26OP2.C18H23O6P.C18H22O6.C17H24O5P2.C17H23O5P.C12H13O5P/c1-20(19-25(2,3)24)26(21-13-7-4-8-14-21,22-15-9-5-10-16-22)23-17-11-6-12-18-23;1-10(6-8-14(19)21-3)5-7-12-16(22-4)11(2)13-9-23-18(20)15(13)17(12)24-25;1-10(6-8-14(19)22-3)5-7-12-16(20)15-13(9-24-18(15)21)11(2)17(12)23-4;1-10(9-24(4,5)19)6-7-12-15(20-3)11(2)13-8-21-17(18)14(13)16(12)22-23;1-10(9-23(4,5)20)6-7-12-15(18)14-13(8-22-17(14)19)11(2)16(12)21-3;1-6-8-5-16-12(14)9(8)11(17-18)7(3-4-13)10(6)15-2/h4-18H,19H2,1-3H3;5H,6-9,25H2,1-4H3;5,20H,6-9H2,1-4H3;6H,7-9,23H2,1-5H3;6,18H,7-9H2,1-5H3;4H,3,5,18H2,1-2H3/b;2*10-5+;2*10-6+;. The van der Waals surface area contributed by atoms with Gasteiger partial charge in [-0.3, -0.25) is 9.59 Å². The second-order valence-electron chi connectivity index (χ2n) is 35.5. The van der Waals surface area contributed by atoms with E-state index in [0.717, 1.165) is 84.2 Å². The van der Waals surface area contributed by atoms with Gasteiger partial charge in [0, 0.05) is 93.4 Å². The molecular weight excluding hydrogens is 1930 g/mol. The van der Waals surface area contributed by atoms with Crippen LogP contribution in [-0.2, 0) is 126 Å². The minimum Gasteiger partial charge on any atom is -0.507 e. The quantitative estimate of drug-likeness (QED) is 0.0127. The first-order valence-corrected chi connectivity index (χ1v) is 56.5. The van der Waals surface area contributed by atoms with Crippen molar-refractivity contribution in [3.63, 3.8) is 0 Å². The maximum absolute atomic E-state index is 12.8. The molecule has 28 nitrogen and oxygen atoms in total. The molecule has 35 heteroatoms. The van der Waals surface area contributed by atoms with Crippen molar-refractivity contribution in [3.8, 4) is 57.5 Å². The number of benzene rings is 8. The highest BCUT2D eigenvalue weighted by Gasteiger charge is 2.39. The van der Waals surface area contributed by atoms with Gasteiger partial charge in [0.25, 0.3) is 0 Å². The van der Waals surface area contributed by atoms with E-state index in [1.165, 1.54) is 56.8 Å². The highest BCUT2D eigenvalue weighted by molar-refractivity contribution is 7.96. The lowest BCUT2D eigenvalue weighted by molar-refractivity contribution is -0.141. The molecule has 0 aromatic heterocycles. The van der Waals surface area contributed by atoms with E-state index in [2.05, 4.69) is 136 Å². The lowest BCUT2D eigenvalue weighted by Gasteiger charge is -2.32. The number of aldehydes is 1. The van der Waals surface area contributed by atoms with Crippen LogP contribution >= 0.6 is 56.7 Å². The molecule has 0 saturated carbocycles. The van der Waals surface area contributed by atoms with Gasteiger partial charge < -0.3 is 99.1 Å². The number of carbonyl (C=O) groups is 8. The first kappa shape index (κ1) is 114. The average molecular weight is 2060 g/mol. The van der Waals surface area contributed by atoms with E-state index < -0.39 is 46.2 Å². The van der Waals surface area contributed by atoms with Crippen LogP contribution in [0, 0.1) is 34.6 Å².